The van der Waals surface area contributed by atoms with Crippen LogP contribution in [0.3, 0.4) is 0 Å². The zero-order valence-corrected chi connectivity index (χ0v) is 14.3. The highest BCUT2D eigenvalue weighted by atomic mass is 127. The summed E-state index contributed by atoms with van der Waals surface area (Å²) in [5.74, 6) is 2.96. The van der Waals surface area contributed by atoms with Crippen LogP contribution in [-0.2, 0) is 0 Å². The van der Waals surface area contributed by atoms with E-state index in [0.29, 0.717) is 31.2 Å². The molecule has 7 heteroatoms. The first-order chi connectivity index (χ1) is 9.77. The Labute approximate surface area is 142 Å². The molecule has 0 bridgehead atoms. The van der Waals surface area contributed by atoms with Crippen LogP contribution in [0, 0.1) is 12.3 Å². The molecule has 1 amide bonds. The van der Waals surface area contributed by atoms with Crippen molar-refractivity contribution >= 4 is 35.8 Å². The first-order valence-electron chi connectivity index (χ1n) is 6.41. The summed E-state index contributed by atoms with van der Waals surface area (Å²) >= 11 is 0. The molecule has 0 radical (unpaired) electrons. The van der Waals surface area contributed by atoms with E-state index in [1.165, 1.54) is 6.20 Å². The van der Waals surface area contributed by atoms with Gasteiger partial charge >= 0.3 is 0 Å². The first kappa shape index (κ1) is 19.2. The van der Waals surface area contributed by atoms with Crippen molar-refractivity contribution in [2.75, 3.05) is 26.2 Å². The third-order valence-corrected chi connectivity index (χ3v) is 2.29. The van der Waals surface area contributed by atoms with E-state index in [1.807, 2.05) is 6.92 Å². The van der Waals surface area contributed by atoms with E-state index in [0.717, 1.165) is 6.54 Å². The van der Waals surface area contributed by atoms with Crippen molar-refractivity contribution in [3.05, 3.63) is 30.1 Å². The number of nitrogens with zero attached hydrogens (tertiary/aromatic N) is 2. The molecule has 1 heterocycles. The minimum Gasteiger partial charge on any atom is -0.357 e. The molecule has 0 aliphatic rings. The van der Waals surface area contributed by atoms with Crippen molar-refractivity contribution in [2.24, 2.45) is 4.99 Å². The maximum Gasteiger partial charge on any atom is 0.252 e. The molecule has 0 aliphatic carbocycles. The Morgan fingerprint density at radius 3 is 2.86 bits per heavy atom. The Hall–Kier alpha value is -1.82. The van der Waals surface area contributed by atoms with Gasteiger partial charge in [0.15, 0.2) is 5.96 Å². The Balaban J connectivity index is 0.00000400. The lowest BCUT2D eigenvalue weighted by atomic mass is 10.3. The summed E-state index contributed by atoms with van der Waals surface area (Å²) in [6, 6.07) is 3.43. The van der Waals surface area contributed by atoms with Crippen molar-refractivity contribution in [3.63, 3.8) is 0 Å². The van der Waals surface area contributed by atoms with Crippen LogP contribution in [0.5, 0.6) is 0 Å². The molecule has 0 aliphatic heterocycles. The fourth-order valence-corrected chi connectivity index (χ4v) is 1.41. The quantitative estimate of drug-likeness (QED) is 0.215. The van der Waals surface area contributed by atoms with Crippen LogP contribution < -0.4 is 16.0 Å². The fourth-order valence-electron chi connectivity index (χ4n) is 1.41. The molecule has 0 unspecified atom stereocenters. The van der Waals surface area contributed by atoms with Crippen LogP contribution in [0.2, 0.25) is 0 Å². The van der Waals surface area contributed by atoms with Gasteiger partial charge in [-0.2, -0.15) is 0 Å². The average molecular weight is 401 g/mol. The lowest BCUT2D eigenvalue weighted by molar-refractivity contribution is 0.0954. The molecule has 0 aromatic carbocycles. The van der Waals surface area contributed by atoms with E-state index in [9.17, 15) is 4.79 Å². The predicted molar refractivity (Wildman–Crippen MR) is 94.8 cm³/mol. The minimum absolute atomic E-state index is 0. The molecule has 0 saturated heterocycles. The van der Waals surface area contributed by atoms with Gasteiger partial charge in [-0.15, -0.1) is 30.4 Å². The number of nitrogens with one attached hydrogen (secondary N) is 3. The maximum atomic E-state index is 11.7. The summed E-state index contributed by atoms with van der Waals surface area (Å²) in [4.78, 5) is 19.9. The highest BCUT2D eigenvalue weighted by molar-refractivity contribution is 14.0. The monoisotopic (exact) mass is 401 g/mol. The van der Waals surface area contributed by atoms with Crippen LogP contribution in [0.15, 0.2) is 29.5 Å². The minimum atomic E-state index is -0.158. The Morgan fingerprint density at radius 1 is 1.43 bits per heavy atom. The van der Waals surface area contributed by atoms with Gasteiger partial charge in [-0.3, -0.25) is 14.8 Å². The fraction of sp³-hybridized carbons (Fsp3) is 0.357. The normalized spacial score (nSPS) is 10.0. The second kappa shape index (κ2) is 12.0. The highest BCUT2D eigenvalue weighted by Gasteiger charge is 2.03. The van der Waals surface area contributed by atoms with Gasteiger partial charge in [0.25, 0.3) is 5.91 Å². The summed E-state index contributed by atoms with van der Waals surface area (Å²) in [6.45, 7) is 4.04. The van der Waals surface area contributed by atoms with E-state index in [4.69, 9.17) is 6.42 Å². The van der Waals surface area contributed by atoms with Gasteiger partial charge in [0.2, 0.25) is 0 Å². The molecule has 6 nitrogen and oxygen atoms in total. The second-order valence-corrected chi connectivity index (χ2v) is 3.82. The van der Waals surface area contributed by atoms with Crippen molar-refractivity contribution in [1.29, 1.82) is 0 Å². The number of halogens is 1. The number of pyridine rings is 1. The highest BCUT2D eigenvalue weighted by Crippen LogP contribution is 1.94. The number of aromatic nitrogens is 1. The lowest BCUT2D eigenvalue weighted by Gasteiger charge is -2.09. The largest absolute Gasteiger partial charge is 0.357 e. The van der Waals surface area contributed by atoms with E-state index in [1.54, 1.807) is 18.3 Å². The number of hydrogen-bond donors (Lipinski definition) is 3. The second-order valence-electron chi connectivity index (χ2n) is 3.82. The van der Waals surface area contributed by atoms with Gasteiger partial charge < -0.3 is 16.0 Å². The molecule has 21 heavy (non-hydrogen) atoms. The molecule has 3 N–H and O–H groups in total. The smallest absolute Gasteiger partial charge is 0.252 e. The summed E-state index contributed by atoms with van der Waals surface area (Å²) in [6.07, 6.45) is 8.32. The standard InChI is InChI=1S/C14H19N5O.HI/c1-3-7-18-14(16-4-2)19-10-9-17-13(20)12-6-5-8-15-11-12;/h1,5-6,8,11H,4,7,9-10H2,2H3,(H,17,20)(H2,16,18,19);1H. The van der Waals surface area contributed by atoms with E-state index in [-0.39, 0.29) is 29.9 Å². The third-order valence-electron chi connectivity index (χ3n) is 2.29. The number of terminal acetylenes is 1. The SMILES string of the molecule is C#CCNC(=NCCNC(=O)c1cccnc1)NCC.I. The third kappa shape index (κ3) is 8.14. The van der Waals surface area contributed by atoms with Crippen molar-refractivity contribution < 1.29 is 4.79 Å². The maximum absolute atomic E-state index is 11.7. The number of aliphatic imine (C=N–C) groups is 1. The number of hydrogen-bond acceptors (Lipinski definition) is 3. The molecule has 1 rings (SSSR count). The molecule has 0 fully saturated rings. The summed E-state index contributed by atoms with van der Waals surface area (Å²) < 4.78 is 0. The summed E-state index contributed by atoms with van der Waals surface area (Å²) in [5.41, 5.74) is 0.536. The molecular weight excluding hydrogens is 381 g/mol. The van der Waals surface area contributed by atoms with E-state index < -0.39 is 0 Å². The predicted octanol–water partition coefficient (Wildman–Crippen LogP) is 0.618. The van der Waals surface area contributed by atoms with Gasteiger partial charge in [0.1, 0.15) is 0 Å². The zero-order chi connectivity index (χ0) is 14.6. The van der Waals surface area contributed by atoms with Gasteiger partial charge in [-0.1, -0.05) is 5.92 Å². The van der Waals surface area contributed by atoms with Crippen LogP contribution in [0.1, 0.15) is 17.3 Å². The molecule has 1 aromatic rings. The molecule has 0 spiro atoms. The first-order valence-corrected chi connectivity index (χ1v) is 6.41. The average Bonchev–Trinajstić information content (AvgIpc) is 2.49. The molecule has 0 saturated carbocycles. The van der Waals surface area contributed by atoms with Gasteiger partial charge in [0.05, 0.1) is 18.7 Å². The van der Waals surface area contributed by atoms with Crippen molar-refractivity contribution in [1.82, 2.24) is 20.9 Å². The Morgan fingerprint density at radius 2 is 2.24 bits per heavy atom. The summed E-state index contributed by atoms with van der Waals surface area (Å²) in [5, 5.41) is 8.80. The Kier molecular flexibility index (Phi) is 10.9. The van der Waals surface area contributed by atoms with Crippen molar-refractivity contribution in [2.45, 2.75) is 6.92 Å². The van der Waals surface area contributed by atoms with Gasteiger partial charge in [0, 0.05) is 25.5 Å². The van der Waals surface area contributed by atoms with Crippen LogP contribution >= 0.6 is 24.0 Å². The van der Waals surface area contributed by atoms with Crippen LogP contribution in [-0.4, -0.2) is 43.0 Å². The topological polar surface area (TPSA) is 78.4 Å². The number of rotatable bonds is 6. The molecule has 0 atom stereocenters. The number of carbonyl (C=O) groups is 1. The van der Waals surface area contributed by atoms with Gasteiger partial charge in [-0.05, 0) is 19.1 Å². The van der Waals surface area contributed by atoms with Gasteiger partial charge in [-0.25, -0.2) is 0 Å². The number of carbonyl (C=O) groups excluding carboxylic acids is 1. The molecule has 114 valence electrons. The van der Waals surface area contributed by atoms with Crippen LogP contribution in [0.25, 0.3) is 0 Å². The molecule has 1 aromatic heterocycles. The van der Waals surface area contributed by atoms with Crippen molar-refractivity contribution in [3.8, 4) is 12.3 Å². The van der Waals surface area contributed by atoms with Crippen LogP contribution in [0.4, 0.5) is 0 Å². The molecular formula is C14H20IN5O. The summed E-state index contributed by atoms with van der Waals surface area (Å²) in [7, 11) is 0. The zero-order valence-electron chi connectivity index (χ0n) is 11.9. The van der Waals surface area contributed by atoms with E-state index >= 15 is 0 Å². The lowest BCUT2D eigenvalue weighted by Crippen LogP contribution is -2.38. The Bertz CT molecular complexity index is 484. The number of amides is 1. The van der Waals surface area contributed by atoms with E-state index in [2.05, 4.69) is 31.8 Å². The number of guanidine groups is 1.